The van der Waals surface area contributed by atoms with E-state index in [9.17, 15) is 4.79 Å². The number of nitrogens with zero attached hydrogens (tertiary/aromatic N) is 3. The molecule has 2 aliphatic heterocycles. The summed E-state index contributed by atoms with van der Waals surface area (Å²) in [5.74, 6) is 1.31. The van der Waals surface area contributed by atoms with E-state index in [0.29, 0.717) is 31.2 Å². The first-order valence-electron chi connectivity index (χ1n) is 8.27. The normalized spacial score (nSPS) is 20.5. The van der Waals surface area contributed by atoms with Gasteiger partial charge in [-0.25, -0.2) is 0 Å². The first-order chi connectivity index (χ1) is 11.6. The maximum Gasteiger partial charge on any atom is 0.241 e. The van der Waals surface area contributed by atoms with E-state index in [-0.39, 0.29) is 11.4 Å². The number of benzene rings is 1. The summed E-state index contributed by atoms with van der Waals surface area (Å²) >= 11 is 0. The standard InChI is InChI=1S/C17H21N5O2/c1-12-2-4-13(5-3-12)16-20-15(24-21-16)9-22-7-6-19-14(23)8-17(22)10-18-11-17/h2-5,18H,6-11H2,1H3,(H,19,23). The van der Waals surface area contributed by atoms with Crippen LogP contribution in [0.25, 0.3) is 11.4 Å². The molecule has 2 saturated heterocycles. The van der Waals surface area contributed by atoms with Gasteiger partial charge >= 0.3 is 0 Å². The van der Waals surface area contributed by atoms with Gasteiger partial charge in [0.2, 0.25) is 17.6 Å². The van der Waals surface area contributed by atoms with Crippen LogP contribution >= 0.6 is 0 Å². The molecule has 1 aromatic heterocycles. The van der Waals surface area contributed by atoms with Crippen LogP contribution in [0.4, 0.5) is 0 Å². The van der Waals surface area contributed by atoms with Gasteiger partial charge in [-0.2, -0.15) is 4.98 Å². The molecule has 2 fully saturated rings. The van der Waals surface area contributed by atoms with Gasteiger partial charge in [-0.3, -0.25) is 9.69 Å². The minimum absolute atomic E-state index is 0.116. The van der Waals surface area contributed by atoms with Crippen LogP contribution in [-0.4, -0.2) is 52.7 Å². The Labute approximate surface area is 140 Å². The molecule has 126 valence electrons. The van der Waals surface area contributed by atoms with E-state index in [1.165, 1.54) is 5.56 Å². The Hall–Kier alpha value is -2.25. The second-order valence-electron chi connectivity index (χ2n) is 6.65. The molecule has 0 aliphatic carbocycles. The summed E-state index contributed by atoms with van der Waals surface area (Å²) in [5.41, 5.74) is 2.02. The van der Waals surface area contributed by atoms with Gasteiger partial charge in [-0.15, -0.1) is 0 Å². The molecule has 0 unspecified atom stereocenters. The van der Waals surface area contributed by atoms with Crippen LogP contribution in [0.1, 0.15) is 17.9 Å². The third-order valence-corrected chi connectivity index (χ3v) is 4.88. The Morgan fingerprint density at radius 2 is 2.08 bits per heavy atom. The lowest BCUT2D eigenvalue weighted by Crippen LogP contribution is -2.69. The highest BCUT2D eigenvalue weighted by molar-refractivity contribution is 5.78. The molecule has 0 atom stereocenters. The fourth-order valence-electron chi connectivity index (χ4n) is 3.35. The van der Waals surface area contributed by atoms with Crippen molar-refractivity contribution in [2.24, 2.45) is 0 Å². The summed E-state index contributed by atoms with van der Waals surface area (Å²) < 4.78 is 5.45. The number of aryl methyl sites for hydroxylation is 1. The Morgan fingerprint density at radius 1 is 1.29 bits per heavy atom. The molecule has 0 bridgehead atoms. The van der Waals surface area contributed by atoms with Gasteiger partial charge in [-0.05, 0) is 6.92 Å². The minimum Gasteiger partial charge on any atom is -0.355 e. The average Bonchev–Trinajstić information content (AvgIpc) is 2.92. The first-order valence-corrected chi connectivity index (χ1v) is 8.27. The Morgan fingerprint density at radius 3 is 2.79 bits per heavy atom. The number of hydrogen-bond donors (Lipinski definition) is 2. The van der Waals surface area contributed by atoms with Crippen molar-refractivity contribution < 1.29 is 9.32 Å². The van der Waals surface area contributed by atoms with Gasteiger partial charge in [-0.1, -0.05) is 35.0 Å². The first kappa shape index (κ1) is 15.3. The van der Waals surface area contributed by atoms with Gasteiger partial charge in [0, 0.05) is 38.2 Å². The van der Waals surface area contributed by atoms with Crippen molar-refractivity contribution in [1.29, 1.82) is 0 Å². The number of carbonyl (C=O) groups excluding carboxylic acids is 1. The summed E-state index contributed by atoms with van der Waals surface area (Å²) in [6.45, 7) is 5.69. The van der Waals surface area contributed by atoms with E-state index in [0.717, 1.165) is 25.2 Å². The molecule has 3 heterocycles. The van der Waals surface area contributed by atoms with Crippen molar-refractivity contribution in [3.05, 3.63) is 35.7 Å². The van der Waals surface area contributed by atoms with Gasteiger partial charge in [0.15, 0.2) is 0 Å². The molecule has 2 aliphatic rings. The fourth-order valence-corrected chi connectivity index (χ4v) is 3.35. The lowest BCUT2D eigenvalue weighted by atomic mass is 9.86. The van der Waals surface area contributed by atoms with Crippen LogP contribution in [0.2, 0.25) is 0 Å². The van der Waals surface area contributed by atoms with Crippen molar-refractivity contribution in [2.45, 2.75) is 25.4 Å². The summed E-state index contributed by atoms with van der Waals surface area (Å²) in [6.07, 6.45) is 0.513. The van der Waals surface area contributed by atoms with Crippen molar-refractivity contribution in [1.82, 2.24) is 25.7 Å². The highest BCUT2D eigenvalue weighted by atomic mass is 16.5. The van der Waals surface area contributed by atoms with Gasteiger partial charge < -0.3 is 15.2 Å². The molecule has 1 aromatic carbocycles. The Balaban J connectivity index is 1.52. The third kappa shape index (κ3) is 2.81. The largest absolute Gasteiger partial charge is 0.355 e. The topological polar surface area (TPSA) is 83.3 Å². The number of aromatic nitrogens is 2. The SMILES string of the molecule is Cc1ccc(-c2noc(CN3CCNC(=O)CC34CNC4)n2)cc1. The van der Waals surface area contributed by atoms with Crippen LogP contribution < -0.4 is 10.6 Å². The van der Waals surface area contributed by atoms with Crippen molar-refractivity contribution >= 4 is 5.91 Å². The molecule has 0 saturated carbocycles. The number of hydrogen-bond acceptors (Lipinski definition) is 6. The predicted octanol–water partition coefficient (Wildman–Crippen LogP) is 0.709. The van der Waals surface area contributed by atoms with E-state index < -0.39 is 0 Å². The van der Waals surface area contributed by atoms with Crippen molar-refractivity contribution in [3.8, 4) is 11.4 Å². The molecular weight excluding hydrogens is 306 g/mol. The smallest absolute Gasteiger partial charge is 0.241 e. The molecule has 2 aromatic rings. The van der Waals surface area contributed by atoms with Gasteiger partial charge in [0.25, 0.3) is 0 Å². The second-order valence-corrected chi connectivity index (χ2v) is 6.65. The molecule has 7 heteroatoms. The van der Waals surface area contributed by atoms with E-state index in [1.807, 2.05) is 31.2 Å². The average molecular weight is 327 g/mol. The number of carbonyl (C=O) groups is 1. The molecule has 24 heavy (non-hydrogen) atoms. The molecule has 0 radical (unpaired) electrons. The maximum atomic E-state index is 11.9. The van der Waals surface area contributed by atoms with E-state index in [4.69, 9.17) is 4.52 Å². The monoisotopic (exact) mass is 327 g/mol. The second kappa shape index (κ2) is 5.99. The molecule has 1 spiro atoms. The number of nitrogens with one attached hydrogen (secondary N) is 2. The Kier molecular flexibility index (Phi) is 3.82. The quantitative estimate of drug-likeness (QED) is 0.864. The minimum atomic E-state index is -0.126. The van der Waals surface area contributed by atoms with Crippen LogP contribution in [0.15, 0.2) is 28.8 Å². The lowest BCUT2D eigenvalue weighted by Gasteiger charge is -2.48. The number of rotatable bonds is 3. The highest BCUT2D eigenvalue weighted by Gasteiger charge is 2.45. The molecule has 7 nitrogen and oxygen atoms in total. The van der Waals surface area contributed by atoms with Gasteiger partial charge in [0.1, 0.15) is 0 Å². The zero-order valence-electron chi connectivity index (χ0n) is 13.7. The summed E-state index contributed by atoms with van der Waals surface area (Å²) in [5, 5.41) is 10.3. The van der Waals surface area contributed by atoms with Crippen LogP contribution in [0.5, 0.6) is 0 Å². The summed E-state index contributed by atoms with van der Waals surface area (Å²) in [4.78, 5) is 18.7. The lowest BCUT2D eigenvalue weighted by molar-refractivity contribution is -0.123. The summed E-state index contributed by atoms with van der Waals surface area (Å²) in [7, 11) is 0. The van der Waals surface area contributed by atoms with Gasteiger partial charge in [0.05, 0.1) is 12.1 Å². The van der Waals surface area contributed by atoms with E-state index in [1.54, 1.807) is 0 Å². The molecule has 2 N–H and O–H groups in total. The number of amides is 1. The van der Waals surface area contributed by atoms with Crippen LogP contribution in [0, 0.1) is 6.92 Å². The Bertz CT molecular complexity index is 736. The van der Waals surface area contributed by atoms with Crippen LogP contribution in [-0.2, 0) is 11.3 Å². The predicted molar refractivity (Wildman–Crippen MR) is 88.1 cm³/mol. The summed E-state index contributed by atoms with van der Waals surface area (Å²) in [6, 6.07) is 8.06. The van der Waals surface area contributed by atoms with E-state index >= 15 is 0 Å². The zero-order valence-corrected chi connectivity index (χ0v) is 13.7. The molecular formula is C17H21N5O2. The third-order valence-electron chi connectivity index (χ3n) is 4.88. The fraction of sp³-hybridized carbons (Fsp3) is 0.471. The van der Waals surface area contributed by atoms with E-state index in [2.05, 4.69) is 25.7 Å². The van der Waals surface area contributed by atoms with Crippen molar-refractivity contribution in [2.75, 3.05) is 26.2 Å². The van der Waals surface area contributed by atoms with Crippen LogP contribution in [0.3, 0.4) is 0 Å². The molecule has 4 rings (SSSR count). The molecule has 1 amide bonds. The maximum absolute atomic E-state index is 11.9. The zero-order chi connectivity index (χ0) is 16.6. The van der Waals surface area contributed by atoms with Crippen molar-refractivity contribution in [3.63, 3.8) is 0 Å². The highest BCUT2D eigenvalue weighted by Crippen LogP contribution is 2.28.